The third kappa shape index (κ3) is 2.44. The lowest BCUT2D eigenvalue weighted by Crippen LogP contribution is -2.47. The van der Waals surface area contributed by atoms with Gasteiger partial charge in [-0.3, -0.25) is 4.90 Å². The van der Waals surface area contributed by atoms with E-state index in [-0.39, 0.29) is 6.10 Å². The van der Waals surface area contributed by atoms with Gasteiger partial charge in [-0.25, -0.2) is 0 Å². The van der Waals surface area contributed by atoms with Crippen molar-refractivity contribution in [3.63, 3.8) is 0 Å². The number of benzene rings is 1. The first-order chi connectivity index (χ1) is 9.31. The molecule has 1 N–H and O–H groups in total. The topological polar surface area (TPSA) is 23.5 Å². The third-order valence-electron chi connectivity index (χ3n) is 5.03. The van der Waals surface area contributed by atoms with Gasteiger partial charge in [0, 0.05) is 12.1 Å². The maximum absolute atomic E-state index is 10.7. The van der Waals surface area contributed by atoms with Gasteiger partial charge in [0.1, 0.15) is 0 Å². The predicted octanol–water partition coefficient (Wildman–Crippen LogP) is 3.30. The number of hydrogen-bond acceptors (Lipinski definition) is 2. The Labute approximate surface area is 116 Å². The standard InChI is InChI=1S/C17H25NO/c1-2-18(14-8-4-5-9-14)16-12-11-13-7-3-6-10-15(13)17(16)19/h3,6-7,10,14,16-17,19H,2,4-5,8-9,11-12H2,1H3. The molecule has 0 amide bonds. The summed E-state index contributed by atoms with van der Waals surface area (Å²) in [6.45, 7) is 3.31. The molecule has 2 nitrogen and oxygen atoms in total. The van der Waals surface area contributed by atoms with E-state index in [0.717, 1.165) is 24.9 Å². The first kappa shape index (κ1) is 13.1. The predicted molar refractivity (Wildman–Crippen MR) is 78.1 cm³/mol. The van der Waals surface area contributed by atoms with E-state index in [1.54, 1.807) is 0 Å². The molecule has 2 heteroatoms. The number of nitrogens with zero attached hydrogens (tertiary/aromatic N) is 1. The van der Waals surface area contributed by atoms with Crippen molar-refractivity contribution in [3.05, 3.63) is 35.4 Å². The first-order valence-electron chi connectivity index (χ1n) is 7.83. The Morgan fingerprint density at radius 3 is 2.63 bits per heavy atom. The average molecular weight is 259 g/mol. The molecule has 2 atom stereocenters. The molecule has 0 radical (unpaired) electrons. The Balaban J connectivity index is 1.81. The minimum absolute atomic E-state index is 0.300. The normalized spacial score (nSPS) is 27.7. The molecule has 2 aliphatic carbocycles. The molecular formula is C17H25NO. The van der Waals surface area contributed by atoms with Gasteiger partial charge in [0.15, 0.2) is 0 Å². The number of likely N-dealkylation sites (N-methyl/N-ethyl adjacent to an activating group) is 1. The molecule has 3 rings (SSSR count). The Bertz CT molecular complexity index is 425. The van der Waals surface area contributed by atoms with Crippen molar-refractivity contribution in [3.8, 4) is 0 Å². The quantitative estimate of drug-likeness (QED) is 0.900. The van der Waals surface area contributed by atoms with E-state index in [2.05, 4.69) is 36.1 Å². The van der Waals surface area contributed by atoms with Gasteiger partial charge in [0.25, 0.3) is 0 Å². The summed E-state index contributed by atoms with van der Waals surface area (Å²) in [5.41, 5.74) is 2.50. The highest BCUT2D eigenvalue weighted by Gasteiger charge is 2.35. The van der Waals surface area contributed by atoms with Gasteiger partial charge < -0.3 is 5.11 Å². The minimum Gasteiger partial charge on any atom is -0.387 e. The highest BCUT2D eigenvalue weighted by atomic mass is 16.3. The number of fused-ring (bicyclic) bond motifs is 1. The van der Waals surface area contributed by atoms with Gasteiger partial charge in [-0.15, -0.1) is 0 Å². The molecule has 0 aromatic heterocycles. The van der Waals surface area contributed by atoms with Crippen molar-refractivity contribution in [1.29, 1.82) is 0 Å². The Morgan fingerprint density at radius 1 is 1.16 bits per heavy atom. The van der Waals surface area contributed by atoms with E-state index in [4.69, 9.17) is 0 Å². The van der Waals surface area contributed by atoms with Crippen molar-refractivity contribution in [1.82, 2.24) is 4.90 Å². The number of aliphatic hydroxyl groups is 1. The molecule has 19 heavy (non-hydrogen) atoms. The summed E-state index contributed by atoms with van der Waals surface area (Å²) in [7, 11) is 0. The monoisotopic (exact) mass is 259 g/mol. The second-order valence-electron chi connectivity index (χ2n) is 6.02. The fraction of sp³-hybridized carbons (Fsp3) is 0.647. The van der Waals surface area contributed by atoms with E-state index >= 15 is 0 Å². The molecule has 0 bridgehead atoms. The summed E-state index contributed by atoms with van der Waals surface area (Å²) >= 11 is 0. The molecule has 2 unspecified atom stereocenters. The molecule has 0 aliphatic heterocycles. The molecule has 0 spiro atoms. The third-order valence-corrected chi connectivity index (χ3v) is 5.03. The van der Waals surface area contributed by atoms with E-state index in [1.165, 1.54) is 31.2 Å². The maximum atomic E-state index is 10.7. The van der Waals surface area contributed by atoms with Gasteiger partial charge in [0.2, 0.25) is 0 Å². The SMILES string of the molecule is CCN(C1CCCC1)C1CCc2ccccc2C1O. The maximum Gasteiger partial charge on any atom is 0.0948 e. The second kappa shape index (κ2) is 5.64. The summed E-state index contributed by atoms with van der Waals surface area (Å²) in [6.07, 6.45) is 7.27. The van der Waals surface area contributed by atoms with E-state index in [0.29, 0.717) is 12.1 Å². The van der Waals surface area contributed by atoms with Crippen LogP contribution in [0.25, 0.3) is 0 Å². The summed E-state index contributed by atoms with van der Waals surface area (Å²) < 4.78 is 0. The number of aliphatic hydroxyl groups excluding tert-OH is 1. The minimum atomic E-state index is -0.300. The van der Waals surface area contributed by atoms with Crippen LogP contribution in [-0.2, 0) is 6.42 Å². The van der Waals surface area contributed by atoms with Crippen LogP contribution in [0.15, 0.2) is 24.3 Å². The van der Waals surface area contributed by atoms with Gasteiger partial charge in [-0.2, -0.15) is 0 Å². The fourth-order valence-corrected chi connectivity index (χ4v) is 4.07. The lowest BCUT2D eigenvalue weighted by molar-refractivity contribution is 0.0159. The van der Waals surface area contributed by atoms with Crippen LogP contribution in [0, 0.1) is 0 Å². The highest BCUT2D eigenvalue weighted by Crippen LogP contribution is 2.36. The molecular weight excluding hydrogens is 234 g/mol. The van der Waals surface area contributed by atoms with E-state index in [9.17, 15) is 5.11 Å². The van der Waals surface area contributed by atoms with E-state index in [1.807, 2.05) is 0 Å². The number of rotatable bonds is 3. The summed E-state index contributed by atoms with van der Waals surface area (Å²) in [4.78, 5) is 2.58. The van der Waals surface area contributed by atoms with Crippen molar-refractivity contribution in [2.24, 2.45) is 0 Å². The van der Waals surface area contributed by atoms with Crippen LogP contribution in [0.3, 0.4) is 0 Å². The highest BCUT2D eigenvalue weighted by molar-refractivity contribution is 5.32. The van der Waals surface area contributed by atoms with Crippen LogP contribution in [0.2, 0.25) is 0 Å². The largest absolute Gasteiger partial charge is 0.387 e. The molecule has 0 heterocycles. The van der Waals surface area contributed by atoms with Gasteiger partial charge >= 0.3 is 0 Å². The number of aryl methyl sites for hydroxylation is 1. The first-order valence-corrected chi connectivity index (χ1v) is 7.83. The van der Waals surface area contributed by atoms with Gasteiger partial charge in [-0.1, -0.05) is 44.0 Å². The zero-order valence-corrected chi connectivity index (χ0v) is 11.9. The van der Waals surface area contributed by atoms with Crippen LogP contribution in [0.4, 0.5) is 0 Å². The number of hydrogen-bond donors (Lipinski definition) is 1. The zero-order valence-electron chi connectivity index (χ0n) is 11.9. The van der Waals surface area contributed by atoms with Gasteiger partial charge in [-0.05, 0) is 43.4 Å². The lowest BCUT2D eigenvalue weighted by atomic mass is 9.84. The van der Waals surface area contributed by atoms with Crippen LogP contribution < -0.4 is 0 Å². The van der Waals surface area contributed by atoms with Crippen LogP contribution >= 0.6 is 0 Å². The van der Waals surface area contributed by atoms with Crippen molar-refractivity contribution < 1.29 is 5.11 Å². The Morgan fingerprint density at radius 2 is 1.89 bits per heavy atom. The lowest BCUT2D eigenvalue weighted by Gasteiger charge is -2.41. The zero-order chi connectivity index (χ0) is 13.2. The molecule has 2 aliphatic rings. The summed E-state index contributed by atoms with van der Waals surface area (Å²) in [5, 5.41) is 10.7. The molecule has 1 aromatic rings. The fourth-order valence-electron chi connectivity index (χ4n) is 4.07. The second-order valence-corrected chi connectivity index (χ2v) is 6.02. The molecule has 104 valence electrons. The van der Waals surface area contributed by atoms with Crippen LogP contribution in [0.5, 0.6) is 0 Å². The van der Waals surface area contributed by atoms with Crippen molar-refractivity contribution >= 4 is 0 Å². The van der Waals surface area contributed by atoms with Crippen molar-refractivity contribution in [2.75, 3.05) is 6.54 Å². The molecule has 1 fully saturated rings. The smallest absolute Gasteiger partial charge is 0.0948 e. The van der Waals surface area contributed by atoms with E-state index < -0.39 is 0 Å². The van der Waals surface area contributed by atoms with Gasteiger partial charge in [0.05, 0.1) is 6.10 Å². The van der Waals surface area contributed by atoms with Crippen LogP contribution in [0.1, 0.15) is 56.3 Å². The van der Waals surface area contributed by atoms with Crippen molar-refractivity contribution in [2.45, 2.75) is 63.6 Å². The molecule has 1 saturated carbocycles. The molecule has 0 saturated heterocycles. The Kier molecular flexibility index (Phi) is 3.90. The molecule has 1 aromatic carbocycles. The average Bonchev–Trinajstić information content (AvgIpc) is 2.96. The summed E-state index contributed by atoms with van der Waals surface area (Å²) in [5.74, 6) is 0. The van der Waals surface area contributed by atoms with Crippen LogP contribution in [-0.4, -0.2) is 28.6 Å². The summed E-state index contributed by atoms with van der Waals surface area (Å²) in [6, 6.07) is 9.43. The Hall–Kier alpha value is -0.860.